The number of hydrogen-bond acceptors (Lipinski definition) is 1. The average molecular weight is 255 g/mol. The highest BCUT2D eigenvalue weighted by Crippen LogP contribution is 2.31. The average Bonchev–Trinajstić information content (AvgIpc) is 2.16. The molecule has 88 valence electrons. The number of aryl methyl sites for hydroxylation is 1. The van der Waals surface area contributed by atoms with Crippen LogP contribution < -0.4 is 0 Å². The third-order valence-electron chi connectivity index (χ3n) is 1.93. The Balaban J connectivity index is 3.24. The number of halogens is 5. The molecule has 6 heteroatoms. The van der Waals surface area contributed by atoms with Gasteiger partial charge in [-0.25, -0.2) is 0 Å². The van der Waals surface area contributed by atoms with Gasteiger partial charge in [-0.1, -0.05) is 0 Å². The summed E-state index contributed by atoms with van der Waals surface area (Å²) in [5.41, 5.74) is -1.18. The van der Waals surface area contributed by atoms with Gasteiger partial charge >= 0.3 is 6.18 Å². The van der Waals surface area contributed by atoms with Gasteiger partial charge in [0.1, 0.15) is 0 Å². The first-order chi connectivity index (χ1) is 7.34. The Bertz CT molecular complexity index is 400. The molecule has 1 aromatic carbocycles. The number of carbonyl (C=O) groups is 1. The van der Waals surface area contributed by atoms with Gasteiger partial charge < -0.3 is 0 Å². The van der Waals surface area contributed by atoms with Crippen molar-refractivity contribution < 1.29 is 22.4 Å². The predicted molar refractivity (Wildman–Crippen MR) is 51.3 cm³/mol. The highest BCUT2D eigenvalue weighted by atomic mass is 35.5. The minimum absolute atomic E-state index is 0.0984. The van der Waals surface area contributed by atoms with E-state index in [9.17, 15) is 22.4 Å². The fourth-order valence-corrected chi connectivity index (χ4v) is 1.33. The zero-order chi connectivity index (χ0) is 12.3. The Morgan fingerprint density at radius 3 is 2.31 bits per heavy atom. The van der Waals surface area contributed by atoms with E-state index >= 15 is 0 Å². The van der Waals surface area contributed by atoms with Crippen molar-refractivity contribution in [2.75, 3.05) is 6.67 Å². The van der Waals surface area contributed by atoms with E-state index in [0.717, 1.165) is 12.1 Å². The molecule has 0 unspecified atom stereocenters. The molecule has 1 nitrogen and oxygen atoms in total. The van der Waals surface area contributed by atoms with Gasteiger partial charge in [0.15, 0.2) is 0 Å². The quantitative estimate of drug-likeness (QED) is 0.595. The lowest BCUT2D eigenvalue weighted by atomic mass is 10.0. The van der Waals surface area contributed by atoms with Crippen molar-refractivity contribution in [2.24, 2.45) is 0 Å². The van der Waals surface area contributed by atoms with Gasteiger partial charge in [0.05, 0.1) is 12.2 Å². The number of benzene rings is 1. The maximum absolute atomic E-state index is 12.4. The van der Waals surface area contributed by atoms with Gasteiger partial charge in [0.25, 0.3) is 5.24 Å². The van der Waals surface area contributed by atoms with E-state index in [1.807, 2.05) is 0 Å². The van der Waals surface area contributed by atoms with Gasteiger partial charge in [-0.15, -0.1) is 0 Å². The molecule has 0 spiro atoms. The maximum atomic E-state index is 12.4. The lowest BCUT2D eigenvalue weighted by Gasteiger charge is -2.09. The number of carbonyl (C=O) groups excluding carboxylic acids is 1. The molecule has 0 bridgehead atoms. The van der Waals surface area contributed by atoms with Gasteiger partial charge in [0, 0.05) is 12.0 Å². The van der Waals surface area contributed by atoms with E-state index in [1.165, 1.54) is 0 Å². The van der Waals surface area contributed by atoms with Gasteiger partial charge in [-0.05, 0) is 35.4 Å². The van der Waals surface area contributed by atoms with Crippen molar-refractivity contribution in [3.05, 3.63) is 34.9 Å². The highest BCUT2D eigenvalue weighted by molar-refractivity contribution is 6.67. The molecule has 0 aliphatic carbocycles. The molecule has 0 atom stereocenters. The summed E-state index contributed by atoms with van der Waals surface area (Å²) in [6.45, 7) is -0.794. The lowest BCUT2D eigenvalue weighted by Crippen LogP contribution is -2.08. The summed E-state index contributed by atoms with van der Waals surface area (Å²) < 4.78 is 49.3. The molecule has 0 heterocycles. The Hall–Kier alpha value is -1.10. The van der Waals surface area contributed by atoms with Crippen molar-refractivity contribution in [3.8, 4) is 0 Å². The first kappa shape index (κ1) is 13.0. The first-order valence-electron chi connectivity index (χ1n) is 4.31. The highest BCUT2D eigenvalue weighted by Gasteiger charge is 2.31. The Morgan fingerprint density at radius 2 is 1.88 bits per heavy atom. The predicted octanol–water partition coefficient (Wildman–Crippen LogP) is 3.60. The van der Waals surface area contributed by atoms with Crippen LogP contribution in [0.5, 0.6) is 0 Å². The molecular formula is C10H7ClF4O. The van der Waals surface area contributed by atoms with Crippen LogP contribution in [0.4, 0.5) is 17.6 Å². The molecule has 0 aliphatic heterocycles. The van der Waals surface area contributed by atoms with Crippen LogP contribution in [-0.2, 0) is 12.6 Å². The summed E-state index contributed by atoms with van der Waals surface area (Å²) in [6, 6.07) is 2.62. The van der Waals surface area contributed by atoms with Crippen LogP contribution in [0.15, 0.2) is 18.2 Å². The van der Waals surface area contributed by atoms with Crippen LogP contribution in [-0.4, -0.2) is 11.9 Å². The fraction of sp³-hybridized carbons (Fsp3) is 0.300. The molecular weight excluding hydrogens is 248 g/mol. The number of rotatable bonds is 3. The molecule has 0 aliphatic rings. The van der Waals surface area contributed by atoms with Crippen molar-refractivity contribution in [3.63, 3.8) is 0 Å². The van der Waals surface area contributed by atoms with Gasteiger partial charge in [-0.2, -0.15) is 13.2 Å². The Kier molecular flexibility index (Phi) is 3.91. The molecule has 0 amide bonds. The van der Waals surface area contributed by atoms with Crippen LogP contribution in [0.25, 0.3) is 0 Å². The monoisotopic (exact) mass is 254 g/mol. The second-order valence-electron chi connectivity index (χ2n) is 3.13. The molecule has 0 radical (unpaired) electrons. The van der Waals surface area contributed by atoms with Crippen molar-refractivity contribution >= 4 is 16.8 Å². The van der Waals surface area contributed by atoms with E-state index in [1.54, 1.807) is 0 Å². The molecule has 0 N–H and O–H groups in total. The van der Waals surface area contributed by atoms with Crippen LogP contribution in [0.2, 0.25) is 0 Å². The molecule has 0 fully saturated rings. The Labute approximate surface area is 94.0 Å². The maximum Gasteiger partial charge on any atom is 0.416 e. The summed E-state index contributed by atoms with van der Waals surface area (Å²) >= 11 is 5.10. The van der Waals surface area contributed by atoms with E-state index in [2.05, 4.69) is 0 Å². The molecule has 1 aromatic rings. The van der Waals surface area contributed by atoms with Crippen LogP contribution in [0.1, 0.15) is 21.5 Å². The second-order valence-corrected chi connectivity index (χ2v) is 3.47. The molecule has 0 saturated carbocycles. The summed E-state index contributed by atoms with van der Waals surface area (Å²) in [5, 5.41) is -0.994. The summed E-state index contributed by atoms with van der Waals surface area (Å²) in [4.78, 5) is 10.8. The van der Waals surface area contributed by atoms with Crippen LogP contribution in [0.3, 0.4) is 0 Å². The third-order valence-corrected chi connectivity index (χ3v) is 2.15. The number of hydrogen-bond donors (Lipinski definition) is 0. The minimum Gasteiger partial charge on any atom is -0.276 e. The molecule has 16 heavy (non-hydrogen) atoms. The molecule has 0 aromatic heterocycles. The van der Waals surface area contributed by atoms with Crippen molar-refractivity contribution in [1.29, 1.82) is 0 Å². The minimum atomic E-state index is -4.58. The van der Waals surface area contributed by atoms with Crippen molar-refractivity contribution in [2.45, 2.75) is 12.6 Å². The van der Waals surface area contributed by atoms with E-state index in [-0.39, 0.29) is 17.5 Å². The SMILES string of the molecule is O=C(Cl)c1cc(CCF)cc(C(F)(F)F)c1. The smallest absolute Gasteiger partial charge is 0.276 e. The molecule has 0 saturated heterocycles. The molecule has 1 rings (SSSR count). The largest absolute Gasteiger partial charge is 0.416 e. The summed E-state index contributed by atoms with van der Waals surface area (Å²) in [5.74, 6) is 0. The van der Waals surface area contributed by atoms with E-state index < -0.39 is 23.7 Å². The van der Waals surface area contributed by atoms with Crippen LogP contribution in [0, 0.1) is 0 Å². The fourth-order valence-electron chi connectivity index (χ4n) is 1.22. The first-order valence-corrected chi connectivity index (χ1v) is 4.69. The number of alkyl halides is 4. The lowest BCUT2D eigenvalue weighted by molar-refractivity contribution is -0.137. The second kappa shape index (κ2) is 4.82. The van der Waals surface area contributed by atoms with E-state index in [4.69, 9.17) is 11.6 Å². The van der Waals surface area contributed by atoms with Crippen molar-refractivity contribution in [1.82, 2.24) is 0 Å². The van der Waals surface area contributed by atoms with E-state index in [0.29, 0.717) is 6.07 Å². The Morgan fingerprint density at radius 1 is 1.25 bits per heavy atom. The standard InChI is InChI=1S/C10H7ClF4O/c11-9(16)7-3-6(1-2-12)4-8(5-7)10(13,14)15/h3-5H,1-2H2. The topological polar surface area (TPSA) is 17.1 Å². The summed E-state index contributed by atoms with van der Waals surface area (Å²) in [6.07, 6.45) is -4.76. The zero-order valence-corrected chi connectivity index (χ0v) is 8.70. The van der Waals surface area contributed by atoms with Crippen LogP contribution >= 0.6 is 11.6 Å². The summed E-state index contributed by atoms with van der Waals surface area (Å²) in [7, 11) is 0. The normalized spacial score (nSPS) is 11.6. The third kappa shape index (κ3) is 3.20. The van der Waals surface area contributed by atoms with Gasteiger partial charge in [-0.3, -0.25) is 9.18 Å². The zero-order valence-electron chi connectivity index (χ0n) is 7.94. The van der Waals surface area contributed by atoms with Gasteiger partial charge in [0.2, 0.25) is 0 Å².